The maximum atomic E-state index is 11.7. The van der Waals surface area contributed by atoms with Crippen LogP contribution in [0.1, 0.15) is 17.4 Å². The fraction of sp³-hybridized carbons (Fsp3) is 0.133. The molecule has 106 valence electrons. The summed E-state index contributed by atoms with van der Waals surface area (Å²) < 4.78 is 5.95. The molecule has 0 fully saturated rings. The Kier molecular flexibility index (Phi) is 3.98. The SMILES string of the molecule is CCOC(=O)c1csc(-c2ccc(Br)c3cccnc23)n1. The Labute approximate surface area is 133 Å². The number of carbonyl (C=O) groups is 1. The van der Waals surface area contributed by atoms with E-state index in [9.17, 15) is 4.79 Å². The van der Waals surface area contributed by atoms with Crippen LogP contribution >= 0.6 is 27.3 Å². The van der Waals surface area contributed by atoms with Crippen LogP contribution < -0.4 is 0 Å². The number of pyridine rings is 1. The second-order valence-electron chi connectivity index (χ2n) is 4.25. The standard InChI is InChI=1S/C15H11BrN2O2S/c1-2-20-15(19)12-8-21-14(18-12)10-5-6-11(16)9-4-3-7-17-13(9)10/h3-8H,2H2,1H3. The van der Waals surface area contributed by atoms with E-state index in [0.717, 1.165) is 25.9 Å². The minimum atomic E-state index is -0.394. The first-order valence-corrected chi connectivity index (χ1v) is 8.04. The van der Waals surface area contributed by atoms with Gasteiger partial charge in [0.1, 0.15) is 5.01 Å². The van der Waals surface area contributed by atoms with Gasteiger partial charge in [-0.1, -0.05) is 22.0 Å². The van der Waals surface area contributed by atoms with Crippen LogP contribution in [0.5, 0.6) is 0 Å². The van der Waals surface area contributed by atoms with Crippen molar-refractivity contribution in [3.63, 3.8) is 0 Å². The number of fused-ring (bicyclic) bond motifs is 1. The number of rotatable bonds is 3. The zero-order chi connectivity index (χ0) is 14.8. The van der Waals surface area contributed by atoms with E-state index >= 15 is 0 Å². The number of esters is 1. The number of nitrogens with zero attached hydrogens (tertiary/aromatic N) is 2. The van der Waals surface area contributed by atoms with Crippen molar-refractivity contribution in [3.05, 3.63) is 46.0 Å². The van der Waals surface area contributed by atoms with E-state index in [1.54, 1.807) is 18.5 Å². The van der Waals surface area contributed by atoms with Crippen molar-refractivity contribution >= 4 is 44.1 Å². The smallest absolute Gasteiger partial charge is 0.357 e. The maximum Gasteiger partial charge on any atom is 0.357 e. The molecule has 0 N–H and O–H groups in total. The summed E-state index contributed by atoms with van der Waals surface area (Å²) in [6, 6.07) is 7.80. The van der Waals surface area contributed by atoms with Gasteiger partial charge in [0.25, 0.3) is 0 Å². The normalized spacial score (nSPS) is 10.8. The van der Waals surface area contributed by atoms with Gasteiger partial charge in [0.2, 0.25) is 0 Å². The number of ether oxygens (including phenoxy) is 1. The van der Waals surface area contributed by atoms with Crippen molar-refractivity contribution in [3.8, 4) is 10.6 Å². The van der Waals surface area contributed by atoms with Crippen LogP contribution in [-0.2, 0) is 4.74 Å². The van der Waals surface area contributed by atoms with Gasteiger partial charge in [-0.15, -0.1) is 11.3 Å². The number of thiazole rings is 1. The Morgan fingerprint density at radius 3 is 3.05 bits per heavy atom. The molecule has 0 aliphatic carbocycles. The van der Waals surface area contributed by atoms with Gasteiger partial charge in [0.15, 0.2) is 5.69 Å². The lowest BCUT2D eigenvalue weighted by atomic mass is 10.1. The molecule has 6 heteroatoms. The van der Waals surface area contributed by atoms with Crippen molar-refractivity contribution in [1.29, 1.82) is 0 Å². The summed E-state index contributed by atoms with van der Waals surface area (Å²) >= 11 is 4.93. The molecule has 3 aromatic rings. The molecule has 0 amide bonds. The largest absolute Gasteiger partial charge is 0.461 e. The van der Waals surface area contributed by atoms with E-state index in [2.05, 4.69) is 25.9 Å². The van der Waals surface area contributed by atoms with Gasteiger partial charge < -0.3 is 4.74 Å². The van der Waals surface area contributed by atoms with Crippen molar-refractivity contribution < 1.29 is 9.53 Å². The number of benzene rings is 1. The molecule has 4 nitrogen and oxygen atoms in total. The molecule has 0 saturated carbocycles. The molecule has 0 spiro atoms. The van der Waals surface area contributed by atoms with Crippen LogP contribution in [0, 0.1) is 0 Å². The van der Waals surface area contributed by atoms with E-state index in [-0.39, 0.29) is 0 Å². The Bertz CT molecular complexity index is 816. The third-order valence-electron chi connectivity index (χ3n) is 2.94. The zero-order valence-corrected chi connectivity index (χ0v) is 13.6. The second-order valence-corrected chi connectivity index (χ2v) is 5.97. The van der Waals surface area contributed by atoms with E-state index in [1.807, 2.05) is 24.3 Å². The van der Waals surface area contributed by atoms with Crippen LogP contribution in [0.15, 0.2) is 40.3 Å². The van der Waals surface area contributed by atoms with Crippen LogP contribution in [0.2, 0.25) is 0 Å². The third-order valence-corrected chi connectivity index (χ3v) is 4.50. The summed E-state index contributed by atoms with van der Waals surface area (Å²) in [6.45, 7) is 2.12. The van der Waals surface area contributed by atoms with Crippen molar-refractivity contribution in [2.45, 2.75) is 6.92 Å². The molecule has 2 heterocycles. The van der Waals surface area contributed by atoms with E-state index in [0.29, 0.717) is 12.3 Å². The molecule has 1 aromatic carbocycles. The molecule has 21 heavy (non-hydrogen) atoms. The lowest BCUT2D eigenvalue weighted by Gasteiger charge is -2.04. The van der Waals surface area contributed by atoms with Crippen LogP contribution in [0.25, 0.3) is 21.5 Å². The van der Waals surface area contributed by atoms with Crippen LogP contribution in [-0.4, -0.2) is 22.5 Å². The van der Waals surface area contributed by atoms with Gasteiger partial charge in [-0.2, -0.15) is 0 Å². The molecule has 0 aliphatic rings. The number of halogens is 1. The fourth-order valence-corrected chi connectivity index (χ4v) is 3.27. The number of carbonyl (C=O) groups excluding carboxylic acids is 1. The summed E-state index contributed by atoms with van der Waals surface area (Å²) in [7, 11) is 0. The zero-order valence-electron chi connectivity index (χ0n) is 11.2. The molecule has 0 unspecified atom stereocenters. The van der Waals surface area contributed by atoms with Crippen LogP contribution in [0.3, 0.4) is 0 Å². The Morgan fingerprint density at radius 2 is 2.24 bits per heavy atom. The number of aromatic nitrogens is 2. The van der Waals surface area contributed by atoms with Gasteiger partial charge >= 0.3 is 5.97 Å². The Hall–Kier alpha value is -1.79. The summed E-state index contributed by atoms with van der Waals surface area (Å²) in [5, 5.41) is 3.49. The van der Waals surface area contributed by atoms with Crippen molar-refractivity contribution in [2.75, 3.05) is 6.61 Å². The predicted octanol–water partition coefficient (Wildman–Crippen LogP) is 4.30. The predicted molar refractivity (Wildman–Crippen MR) is 86.5 cm³/mol. The maximum absolute atomic E-state index is 11.7. The first-order chi connectivity index (χ1) is 10.2. The molecule has 0 atom stereocenters. The number of hydrogen-bond donors (Lipinski definition) is 0. The highest BCUT2D eigenvalue weighted by Crippen LogP contribution is 2.33. The highest BCUT2D eigenvalue weighted by Gasteiger charge is 2.15. The summed E-state index contributed by atoms with van der Waals surface area (Å²) in [6.07, 6.45) is 1.75. The van der Waals surface area contributed by atoms with Gasteiger partial charge in [-0.05, 0) is 25.1 Å². The lowest BCUT2D eigenvalue weighted by Crippen LogP contribution is -2.04. The first-order valence-electron chi connectivity index (χ1n) is 6.37. The highest BCUT2D eigenvalue weighted by molar-refractivity contribution is 9.10. The van der Waals surface area contributed by atoms with E-state index < -0.39 is 5.97 Å². The van der Waals surface area contributed by atoms with E-state index in [4.69, 9.17) is 4.74 Å². The molecule has 2 aromatic heterocycles. The topological polar surface area (TPSA) is 52.1 Å². The van der Waals surface area contributed by atoms with Gasteiger partial charge in [0, 0.05) is 27.0 Å². The summed E-state index contributed by atoms with van der Waals surface area (Å²) in [5.41, 5.74) is 2.11. The van der Waals surface area contributed by atoms with Gasteiger partial charge in [-0.3, -0.25) is 4.98 Å². The van der Waals surface area contributed by atoms with E-state index in [1.165, 1.54) is 11.3 Å². The second kappa shape index (κ2) is 5.91. The molecular weight excluding hydrogens is 352 g/mol. The van der Waals surface area contributed by atoms with Gasteiger partial charge in [-0.25, -0.2) is 9.78 Å². The minimum Gasteiger partial charge on any atom is -0.461 e. The van der Waals surface area contributed by atoms with Crippen molar-refractivity contribution in [2.24, 2.45) is 0 Å². The third kappa shape index (κ3) is 2.69. The fourth-order valence-electron chi connectivity index (χ4n) is 2.01. The quantitative estimate of drug-likeness (QED) is 0.651. The Balaban J connectivity index is 2.09. The summed E-state index contributed by atoms with van der Waals surface area (Å²) in [4.78, 5) is 20.5. The molecule has 0 radical (unpaired) electrons. The molecular formula is C15H11BrN2O2S. The average Bonchev–Trinajstić information content (AvgIpc) is 2.98. The molecule has 0 bridgehead atoms. The number of hydrogen-bond acceptors (Lipinski definition) is 5. The first kappa shape index (κ1) is 14.2. The summed E-state index contributed by atoms with van der Waals surface area (Å²) in [5.74, 6) is -0.394. The molecule has 0 aliphatic heterocycles. The monoisotopic (exact) mass is 362 g/mol. The highest BCUT2D eigenvalue weighted by atomic mass is 79.9. The average molecular weight is 363 g/mol. The lowest BCUT2D eigenvalue weighted by molar-refractivity contribution is 0.0520. The van der Waals surface area contributed by atoms with Crippen molar-refractivity contribution in [1.82, 2.24) is 9.97 Å². The minimum absolute atomic E-state index is 0.337. The van der Waals surface area contributed by atoms with Gasteiger partial charge in [0.05, 0.1) is 12.1 Å². The Morgan fingerprint density at radius 1 is 1.38 bits per heavy atom. The molecule has 0 saturated heterocycles. The van der Waals surface area contributed by atoms with Crippen LogP contribution in [0.4, 0.5) is 0 Å². The molecule has 3 rings (SSSR count).